The first kappa shape index (κ1) is 14.3. The first-order chi connectivity index (χ1) is 10.1. The average Bonchev–Trinajstić information content (AvgIpc) is 3.12. The van der Waals surface area contributed by atoms with Gasteiger partial charge in [-0.1, -0.05) is 6.07 Å². The molecule has 1 amide bonds. The van der Waals surface area contributed by atoms with Crippen molar-refractivity contribution in [3.8, 4) is 0 Å². The monoisotopic (exact) mass is 304 g/mol. The lowest BCUT2D eigenvalue weighted by atomic mass is 10.2. The van der Waals surface area contributed by atoms with Crippen LogP contribution in [0, 0.1) is 0 Å². The van der Waals surface area contributed by atoms with E-state index in [4.69, 9.17) is 0 Å². The van der Waals surface area contributed by atoms with Crippen molar-refractivity contribution in [1.82, 2.24) is 19.8 Å². The predicted molar refractivity (Wildman–Crippen MR) is 83.6 cm³/mol. The summed E-state index contributed by atoms with van der Waals surface area (Å²) in [7, 11) is 2.09. The highest BCUT2D eigenvalue weighted by atomic mass is 32.1. The third kappa shape index (κ3) is 3.01. The number of fused-ring (bicyclic) bond motifs is 1. The van der Waals surface area contributed by atoms with Gasteiger partial charge in [-0.3, -0.25) is 9.69 Å². The van der Waals surface area contributed by atoms with Gasteiger partial charge in [0.25, 0.3) is 5.91 Å². The third-order valence-electron chi connectivity index (χ3n) is 4.01. The van der Waals surface area contributed by atoms with Gasteiger partial charge in [-0.05, 0) is 31.8 Å². The lowest BCUT2D eigenvalue weighted by Crippen LogP contribution is -2.33. The van der Waals surface area contributed by atoms with Crippen LogP contribution < -0.4 is 5.32 Å². The molecule has 0 aromatic carbocycles. The number of likely N-dealkylation sites (N-methyl/N-ethyl adjacent to an activating group) is 1. The molecule has 2 aromatic rings. The molecule has 0 saturated carbocycles. The first-order valence-corrected chi connectivity index (χ1v) is 8.11. The minimum atomic E-state index is -0.0803. The minimum Gasteiger partial charge on any atom is -0.350 e. The van der Waals surface area contributed by atoms with Crippen LogP contribution in [0.15, 0.2) is 23.7 Å². The summed E-state index contributed by atoms with van der Waals surface area (Å²) in [5.74, 6) is 0.899. The van der Waals surface area contributed by atoms with E-state index in [1.165, 1.54) is 4.88 Å². The molecule has 3 heterocycles. The van der Waals surface area contributed by atoms with Crippen LogP contribution in [0.2, 0.25) is 0 Å². The van der Waals surface area contributed by atoms with Gasteiger partial charge in [0.1, 0.15) is 11.5 Å². The topological polar surface area (TPSA) is 50.2 Å². The van der Waals surface area contributed by atoms with E-state index in [0.29, 0.717) is 12.2 Å². The van der Waals surface area contributed by atoms with Gasteiger partial charge in [0.15, 0.2) is 0 Å². The molecule has 112 valence electrons. The number of nitrogens with one attached hydrogen (secondary N) is 1. The highest BCUT2D eigenvalue weighted by Crippen LogP contribution is 2.22. The highest BCUT2D eigenvalue weighted by Gasteiger charge is 2.24. The number of carbonyl (C=O) groups is 1. The smallest absolute Gasteiger partial charge is 0.271 e. The molecule has 1 aliphatic rings. The number of imidazole rings is 1. The van der Waals surface area contributed by atoms with E-state index in [9.17, 15) is 4.79 Å². The summed E-state index contributed by atoms with van der Waals surface area (Å²) in [4.78, 5) is 20.2. The largest absolute Gasteiger partial charge is 0.350 e. The molecular formula is C15H20N4OS. The number of hydrogen-bond acceptors (Lipinski definition) is 4. The maximum Gasteiger partial charge on any atom is 0.271 e. The molecule has 21 heavy (non-hydrogen) atoms. The number of amides is 1. The minimum absolute atomic E-state index is 0.0803. The number of carbonyl (C=O) groups excluding carboxylic acids is 1. The van der Waals surface area contributed by atoms with E-state index in [0.717, 1.165) is 25.3 Å². The van der Waals surface area contributed by atoms with Crippen molar-refractivity contribution >= 4 is 17.2 Å². The van der Waals surface area contributed by atoms with Gasteiger partial charge in [0.2, 0.25) is 0 Å². The second-order valence-corrected chi connectivity index (χ2v) is 6.45. The third-order valence-corrected chi connectivity index (χ3v) is 4.94. The second kappa shape index (κ2) is 5.99. The Kier molecular flexibility index (Phi) is 4.07. The molecular weight excluding hydrogens is 284 g/mol. The van der Waals surface area contributed by atoms with Crippen molar-refractivity contribution in [1.29, 1.82) is 0 Å². The van der Waals surface area contributed by atoms with E-state index < -0.39 is 0 Å². The lowest BCUT2D eigenvalue weighted by molar-refractivity contribution is 0.0949. The summed E-state index contributed by atoms with van der Waals surface area (Å²) in [6.07, 6.45) is 2.75. The average molecular weight is 304 g/mol. The Morgan fingerprint density at radius 2 is 2.38 bits per heavy atom. The summed E-state index contributed by atoms with van der Waals surface area (Å²) in [5, 5.41) is 5.00. The maximum absolute atomic E-state index is 12.2. The lowest BCUT2D eigenvalue weighted by Gasteiger charge is -2.29. The summed E-state index contributed by atoms with van der Waals surface area (Å²) in [6.45, 7) is 4.66. The van der Waals surface area contributed by atoms with E-state index in [1.807, 2.05) is 12.3 Å². The van der Waals surface area contributed by atoms with Crippen LogP contribution in [0.25, 0.3) is 0 Å². The Morgan fingerprint density at radius 1 is 1.52 bits per heavy atom. The van der Waals surface area contributed by atoms with Crippen molar-refractivity contribution < 1.29 is 4.79 Å². The molecule has 6 heteroatoms. The van der Waals surface area contributed by atoms with E-state index in [2.05, 4.69) is 45.2 Å². The molecule has 0 aliphatic carbocycles. The zero-order chi connectivity index (χ0) is 14.8. The fourth-order valence-electron chi connectivity index (χ4n) is 2.55. The van der Waals surface area contributed by atoms with Crippen LogP contribution in [0.3, 0.4) is 0 Å². The number of hydrogen-bond donors (Lipinski definition) is 1. The van der Waals surface area contributed by atoms with Crippen molar-refractivity contribution in [2.45, 2.75) is 25.9 Å². The Labute approximate surface area is 128 Å². The molecule has 3 rings (SSSR count). The zero-order valence-corrected chi connectivity index (χ0v) is 13.2. The molecule has 1 atom stereocenters. The molecule has 0 saturated heterocycles. The molecule has 0 fully saturated rings. The zero-order valence-electron chi connectivity index (χ0n) is 12.4. The van der Waals surface area contributed by atoms with E-state index in [-0.39, 0.29) is 11.9 Å². The van der Waals surface area contributed by atoms with Crippen LogP contribution in [0.5, 0.6) is 0 Å². The van der Waals surface area contributed by atoms with Crippen molar-refractivity contribution in [3.05, 3.63) is 40.1 Å². The number of nitrogens with zero attached hydrogens (tertiary/aromatic N) is 3. The summed E-state index contributed by atoms with van der Waals surface area (Å²) in [5.41, 5.74) is 0.526. The van der Waals surface area contributed by atoms with Crippen LogP contribution >= 0.6 is 11.3 Å². The Bertz CT molecular complexity index is 620. The van der Waals surface area contributed by atoms with Crippen molar-refractivity contribution in [3.63, 3.8) is 0 Å². The van der Waals surface area contributed by atoms with Crippen molar-refractivity contribution in [2.75, 3.05) is 20.1 Å². The van der Waals surface area contributed by atoms with E-state index in [1.54, 1.807) is 11.3 Å². The fraction of sp³-hybridized carbons (Fsp3) is 0.467. The normalized spacial score (nSPS) is 18.5. The van der Waals surface area contributed by atoms with Gasteiger partial charge in [-0.2, -0.15) is 0 Å². The SMILES string of the molecule is C[C@H]1c2nc(C(=O)NCCc3cccs3)cn2CCN1C. The van der Waals surface area contributed by atoms with E-state index >= 15 is 0 Å². The predicted octanol–water partition coefficient (Wildman–Crippen LogP) is 1.92. The number of aromatic nitrogens is 2. The Morgan fingerprint density at radius 3 is 3.14 bits per heavy atom. The first-order valence-electron chi connectivity index (χ1n) is 7.23. The van der Waals surface area contributed by atoms with Gasteiger partial charge in [-0.15, -0.1) is 11.3 Å². The van der Waals surface area contributed by atoms with Crippen LogP contribution in [-0.2, 0) is 13.0 Å². The van der Waals surface area contributed by atoms with Gasteiger partial charge in [0.05, 0.1) is 6.04 Å². The van der Waals surface area contributed by atoms with Gasteiger partial charge < -0.3 is 9.88 Å². The Hall–Kier alpha value is -1.66. The maximum atomic E-state index is 12.2. The molecule has 1 N–H and O–H groups in total. The van der Waals surface area contributed by atoms with Gasteiger partial charge >= 0.3 is 0 Å². The standard InChI is InChI=1S/C15H20N4OS/c1-11-14-17-13(10-19(14)8-7-18(11)2)15(20)16-6-5-12-4-3-9-21-12/h3-4,9-11H,5-8H2,1-2H3,(H,16,20)/t11-/m0/s1. The molecule has 0 unspecified atom stereocenters. The molecule has 0 radical (unpaired) electrons. The summed E-state index contributed by atoms with van der Waals surface area (Å²) in [6, 6.07) is 4.37. The van der Waals surface area contributed by atoms with Gasteiger partial charge in [-0.25, -0.2) is 4.98 Å². The van der Waals surface area contributed by atoms with Crippen LogP contribution in [0.1, 0.15) is 34.2 Å². The molecule has 1 aliphatic heterocycles. The fourth-order valence-corrected chi connectivity index (χ4v) is 3.26. The Balaban J connectivity index is 1.62. The molecule has 2 aromatic heterocycles. The van der Waals surface area contributed by atoms with Crippen molar-refractivity contribution in [2.24, 2.45) is 0 Å². The molecule has 5 nitrogen and oxygen atoms in total. The van der Waals surface area contributed by atoms with Gasteiger partial charge in [0, 0.05) is 30.7 Å². The van der Waals surface area contributed by atoms with Crippen LogP contribution in [-0.4, -0.2) is 40.5 Å². The second-order valence-electron chi connectivity index (χ2n) is 5.42. The number of rotatable bonds is 4. The summed E-state index contributed by atoms with van der Waals surface area (Å²) >= 11 is 1.72. The van der Waals surface area contributed by atoms with Crippen LogP contribution in [0.4, 0.5) is 0 Å². The quantitative estimate of drug-likeness (QED) is 0.939. The molecule has 0 spiro atoms. The molecule has 0 bridgehead atoms. The summed E-state index contributed by atoms with van der Waals surface area (Å²) < 4.78 is 2.10. The highest BCUT2D eigenvalue weighted by molar-refractivity contribution is 7.09. The number of thiophene rings is 1.